The third-order valence-electron chi connectivity index (χ3n) is 3.93. The number of aromatic nitrogens is 4. The summed E-state index contributed by atoms with van der Waals surface area (Å²) in [5, 5.41) is 10.6. The summed E-state index contributed by atoms with van der Waals surface area (Å²) >= 11 is 0. The molecule has 1 fully saturated rings. The molecule has 14 heteroatoms. The van der Waals surface area contributed by atoms with Gasteiger partial charge in [0.1, 0.15) is 24.1 Å². The van der Waals surface area contributed by atoms with E-state index >= 15 is 0 Å². The lowest BCUT2D eigenvalue weighted by molar-refractivity contribution is -0.156. The smallest absolute Gasteiger partial charge is 0.457 e. The Morgan fingerprint density at radius 1 is 1.41 bits per heavy atom. The van der Waals surface area contributed by atoms with Crippen LogP contribution in [0.2, 0.25) is 0 Å². The molecule has 1 saturated heterocycles. The monoisotopic (exact) mass is 403 g/mol. The molecule has 0 aliphatic carbocycles. The van der Waals surface area contributed by atoms with Crippen LogP contribution in [0.3, 0.4) is 0 Å². The van der Waals surface area contributed by atoms with Crippen LogP contribution in [0.4, 0.5) is 5.82 Å². The Balaban J connectivity index is 1.90. The number of nitrogens with two attached hydrogens (primary N) is 1. The SMILES string of the molecule is CCC(=O)O[C@H]1[C@@H](O)[C@H](n2cnc3c(N)ncnc32)O[C@@H]1COP(=O)(O)O. The summed E-state index contributed by atoms with van der Waals surface area (Å²) in [6.45, 7) is 0.954. The number of anilines is 1. The van der Waals surface area contributed by atoms with Crippen molar-refractivity contribution in [3.63, 3.8) is 0 Å². The first-order valence-corrected chi connectivity index (χ1v) is 9.40. The number of ether oxygens (including phenoxy) is 2. The summed E-state index contributed by atoms with van der Waals surface area (Å²) in [4.78, 5) is 41.4. The Labute approximate surface area is 152 Å². The summed E-state index contributed by atoms with van der Waals surface area (Å²) in [5.41, 5.74) is 6.28. The number of nitrogens with zero attached hydrogens (tertiary/aromatic N) is 4. The third kappa shape index (κ3) is 4.08. The molecule has 5 N–H and O–H groups in total. The lowest BCUT2D eigenvalue weighted by Crippen LogP contribution is -2.38. The van der Waals surface area contributed by atoms with Gasteiger partial charge in [-0.05, 0) is 0 Å². The molecule has 0 spiro atoms. The van der Waals surface area contributed by atoms with Gasteiger partial charge in [-0.1, -0.05) is 6.92 Å². The van der Waals surface area contributed by atoms with E-state index in [-0.39, 0.29) is 23.4 Å². The molecule has 4 atom stereocenters. The molecule has 0 aromatic carbocycles. The maximum atomic E-state index is 11.7. The van der Waals surface area contributed by atoms with Gasteiger partial charge in [-0.25, -0.2) is 19.5 Å². The maximum Gasteiger partial charge on any atom is 0.469 e. The van der Waals surface area contributed by atoms with Gasteiger partial charge in [0, 0.05) is 6.42 Å². The van der Waals surface area contributed by atoms with E-state index in [0.717, 1.165) is 0 Å². The second kappa shape index (κ2) is 7.46. The molecule has 0 amide bonds. The minimum Gasteiger partial charge on any atom is -0.457 e. The molecule has 2 aromatic rings. The van der Waals surface area contributed by atoms with Crippen molar-refractivity contribution in [1.82, 2.24) is 19.5 Å². The third-order valence-corrected chi connectivity index (χ3v) is 4.42. The summed E-state index contributed by atoms with van der Waals surface area (Å²) in [6.07, 6.45) is -2.27. The first-order valence-electron chi connectivity index (χ1n) is 7.87. The van der Waals surface area contributed by atoms with Gasteiger partial charge in [0.2, 0.25) is 0 Å². The van der Waals surface area contributed by atoms with Gasteiger partial charge in [0.25, 0.3) is 0 Å². The van der Waals surface area contributed by atoms with E-state index in [4.69, 9.17) is 25.0 Å². The largest absolute Gasteiger partial charge is 0.469 e. The second-order valence-corrected chi connectivity index (χ2v) is 6.97. The Morgan fingerprint density at radius 2 is 2.15 bits per heavy atom. The van der Waals surface area contributed by atoms with Crippen LogP contribution in [0.25, 0.3) is 11.2 Å². The molecule has 3 rings (SSSR count). The van der Waals surface area contributed by atoms with Gasteiger partial charge < -0.3 is 30.1 Å². The maximum absolute atomic E-state index is 11.7. The normalized spacial score (nSPS) is 25.8. The zero-order valence-corrected chi connectivity index (χ0v) is 15.0. The number of aliphatic hydroxyl groups excluding tert-OH is 1. The highest BCUT2D eigenvalue weighted by atomic mass is 31.2. The minimum atomic E-state index is -4.79. The van der Waals surface area contributed by atoms with Crippen molar-refractivity contribution in [3.05, 3.63) is 12.7 Å². The highest BCUT2D eigenvalue weighted by molar-refractivity contribution is 7.46. The molecule has 0 bridgehead atoms. The molecule has 1 aliphatic rings. The molecular formula is C13H18N5O8P. The van der Waals surface area contributed by atoms with Crippen molar-refractivity contribution in [2.24, 2.45) is 0 Å². The van der Waals surface area contributed by atoms with Crippen molar-refractivity contribution >= 4 is 30.8 Å². The molecule has 3 heterocycles. The average Bonchev–Trinajstić information content (AvgIpc) is 3.15. The van der Waals surface area contributed by atoms with E-state index in [1.807, 2.05) is 0 Å². The summed E-state index contributed by atoms with van der Waals surface area (Å²) in [5.74, 6) is -0.492. The number of esters is 1. The van der Waals surface area contributed by atoms with Crippen LogP contribution < -0.4 is 5.73 Å². The number of carbonyl (C=O) groups is 1. The van der Waals surface area contributed by atoms with E-state index in [2.05, 4.69) is 19.5 Å². The molecule has 1 aliphatic heterocycles. The van der Waals surface area contributed by atoms with E-state index in [1.54, 1.807) is 6.92 Å². The van der Waals surface area contributed by atoms with Gasteiger partial charge in [0.05, 0.1) is 12.9 Å². The van der Waals surface area contributed by atoms with Gasteiger partial charge in [0.15, 0.2) is 23.8 Å². The zero-order chi connectivity index (χ0) is 19.8. The quantitative estimate of drug-likeness (QED) is 0.343. The fourth-order valence-electron chi connectivity index (χ4n) is 2.69. The number of hydrogen-bond acceptors (Lipinski definition) is 10. The number of aliphatic hydroxyl groups is 1. The molecule has 0 radical (unpaired) electrons. The number of nitrogen functional groups attached to an aromatic ring is 1. The average molecular weight is 403 g/mol. The fraction of sp³-hybridized carbons (Fsp3) is 0.538. The van der Waals surface area contributed by atoms with Gasteiger partial charge in [-0.15, -0.1) is 0 Å². The summed E-state index contributed by atoms with van der Waals surface area (Å²) < 4.78 is 27.6. The van der Waals surface area contributed by atoms with Crippen molar-refractivity contribution < 1.29 is 38.3 Å². The van der Waals surface area contributed by atoms with Crippen molar-refractivity contribution in [3.8, 4) is 0 Å². The molecule has 0 unspecified atom stereocenters. The highest BCUT2D eigenvalue weighted by Gasteiger charge is 2.48. The molecule has 0 saturated carbocycles. The van der Waals surface area contributed by atoms with Crippen LogP contribution in [0.5, 0.6) is 0 Å². The summed E-state index contributed by atoms with van der Waals surface area (Å²) in [7, 11) is -4.79. The molecule has 27 heavy (non-hydrogen) atoms. The Kier molecular flexibility index (Phi) is 5.42. The minimum absolute atomic E-state index is 0.0394. The van der Waals surface area contributed by atoms with Crippen molar-refractivity contribution in [2.45, 2.75) is 37.9 Å². The predicted molar refractivity (Wildman–Crippen MR) is 87.8 cm³/mol. The number of imidazole rings is 1. The van der Waals surface area contributed by atoms with E-state index in [1.165, 1.54) is 17.2 Å². The lowest BCUT2D eigenvalue weighted by atomic mass is 10.1. The summed E-state index contributed by atoms with van der Waals surface area (Å²) in [6, 6.07) is 0. The number of fused-ring (bicyclic) bond motifs is 1. The second-order valence-electron chi connectivity index (χ2n) is 5.73. The molecule has 13 nitrogen and oxygen atoms in total. The van der Waals surface area contributed by atoms with Gasteiger partial charge in [-0.3, -0.25) is 13.9 Å². The van der Waals surface area contributed by atoms with Crippen molar-refractivity contribution in [2.75, 3.05) is 12.3 Å². The number of rotatable bonds is 6. The van der Waals surface area contributed by atoms with Gasteiger partial charge >= 0.3 is 13.8 Å². The number of phosphoric ester groups is 1. The van der Waals surface area contributed by atoms with Crippen LogP contribution in [0.1, 0.15) is 19.6 Å². The number of carbonyl (C=O) groups excluding carboxylic acids is 1. The van der Waals surface area contributed by atoms with Crippen LogP contribution in [-0.2, 0) is 23.4 Å². The molecule has 2 aromatic heterocycles. The lowest BCUT2D eigenvalue weighted by Gasteiger charge is -2.20. The van der Waals surface area contributed by atoms with E-state index < -0.39 is 44.9 Å². The van der Waals surface area contributed by atoms with Crippen LogP contribution in [-0.4, -0.2) is 65.3 Å². The van der Waals surface area contributed by atoms with Gasteiger partial charge in [-0.2, -0.15) is 0 Å². The van der Waals surface area contributed by atoms with Crippen molar-refractivity contribution in [1.29, 1.82) is 0 Å². The first kappa shape index (κ1) is 19.6. The molecule has 148 valence electrons. The first-order chi connectivity index (χ1) is 12.7. The van der Waals surface area contributed by atoms with Crippen LogP contribution >= 0.6 is 7.82 Å². The van der Waals surface area contributed by atoms with Crippen LogP contribution in [0.15, 0.2) is 12.7 Å². The highest BCUT2D eigenvalue weighted by Crippen LogP contribution is 2.39. The molecular weight excluding hydrogens is 385 g/mol. The number of hydrogen-bond donors (Lipinski definition) is 4. The predicted octanol–water partition coefficient (Wildman–Crippen LogP) is -0.902. The fourth-order valence-corrected chi connectivity index (χ4v) is 3.03. The van der Waals surface area contributed by atoms with Crippen LogP contribution in [0, 0.1) is 0 Å². The zero-order valence-electron chi connectivity index (χ0n) is 14.1. The Hall–Kier alpha value is -2.15. The topological polar surface area (TPSA) is 192 Å². The Morgan fingerprint density at radius 3 is 2.81 bits per heavy atom. The number of phosphoric acid groups is 1. The van der Waals surface area contributed by atoms with E-state index in [0.29, 0.717) is 0 Å². The van der Waals surface area contributed by atoms with E-state index in [9.17, 15) is 14.5 Å². The standard InChI is InChI=1S/C13H18N5O8P/c1-2-7(19)26-10-6(3-24-27(21,22)23)25-13(9(10)20)18-5-17-8-11(14)15-4-16-12(8)18/h4-6,9-10,13,20H,2-3H2,1H3,(H2,14,15,16)(H2,21,22,23)/t6-,9-,10-,13-/m1/s1. The Bertz CT molecular complexity index is 885.